The molecule has 2 aromatic rings. The summed E-state index contributed by atoms with van der Waals surface area (Å²) < 4.78 is 37.8. The highest BCUT2D eigenvalue weighted by atomic mass is 19.3. The van der Waals surface area contributed by atoms with Crippen molar-refractivity contribution in [2.45, 2.75) is 64.0 Å². The number of piperidine rings is 1. The van der Waals surface area contributed by atoms with Crippen LogP contribution in [0.1, 0.15) is 51.0 Å². The third-order valence-electron chi connectivity index (χ3n) is 6.46. The van der Waals surface area contributed by atoms with Gasteiger partial charge in [0.25, 0.3) is 0 Å². The van der Waals surface area contributed by atoms with Crippen LogP contribution in [-0.2, 0) is 16.1 Å². The molecule has 4 nitrogen and oxygen atoms in total. The van der Waals surface area contributed by atoms with Gasteiger partial charge in [-0.05, 0) is 80.2 Å². The first-order valence-corrected chi connectivity index (χ1v) is 11.4. The zero-order valence-corrected chi connectivity index (χ0v) is 18.1. The van der Waals surface area contributed by atoms with Gasteiger partial charge in [0.15, 0.2) is 0 Å². The van der Waals surface area contributed by atoms with Gasteiger partial charge >= 0.3 is 5.97 Å². The van der Waals surface area contributed by atoms with Crippen molar-refractivity contribution in [1.82, 2.24) is 4.90 Å². The fraction of sp³-hybridized carbons (Fsp3) is 0.560. The highest BCUT2D eigenvalue weighted by molar-refractivity contribution is 5.84. The number of hydrogen-bond donors (Lipinski definition) is 0. The Morgan fingerprint density at radius 1 is 1.03 bits per heavy atom. The monoisotopic (exact) mass is 431 g/mol. The van der Waals surface area contributed by atoms with Crippen LogP contribution in [0.3, 0.4) is 0 Å². The second-order valence-corrected chi connectivity index (χ2v) is 8.82. The number of esters is 1. The molecule has 2 aliphatic rings. The predicted octanol–water partition coefficient (Wildman–Crippen LogP) is 5.57. The van der Waals surface area contributed by atoms with Crippen molar-refractivity contribution >= 4 is 16.7 Å². The first-order chi connectivity index (χ1) is 14.9. The summed E-state index contributed by atoms with van der Waals surface area (Å²) in [7, 11) is 0. The zero-order chi connectivity index (χ0) is 21.8. The number of alkyl halides is 2. The summed E-state index contributed by atoms with van der Waals surface area (Å²) in [6.45, 7) is 4.95. The van der Waals surface area contributed by atoms with E-state index < -0.39 is 5.92 Å². The third kappa shape index (κ3) is 5.73. The van der Waals surface area contributed by atoms with E-state index in [0.29, 0.717) is 19.4 Å². The highest BCUT2D eigenvalue weighted by Crippen LogP contribution is 2.35. The van der Waals surface area contributed by atoms with Crippen LogP contribution in [0.5, 0.6) is 5.75 Å². The molecule has 31 heavy (non-hydrogen) atoms. The Morgan fingerprint density at radius 3 is 2.42 bits per heavy atom. The van der Waals surface area contributed by atoms with E-state index in [0.717, 1.165) is 49.0 Å². The summed E-state index contributed by atoms with van der Waals surface area (Å²) in [6.07, 6.45) is 2.18. The fourth-order valence-corrected chi connectivity index (χ4v) is 4.61. The molecule has 0 atom stereocenters. The molecule has 0 spiro atoms. The molecule has 0 bridgehead atoms. The molecule has 0 N–H and O–H groups in total. The van der Waals surface area contributed by atoms with Gasteiger partial charge in [-0.2, -0.15) is 0 Å². The molecule has 1 aliphatic carbocycles. The molecule has 6 heteroatoms. The number of carbonyl (C=O) groups excluding carboxylic acids is 1. The van der Waals surface area contributed by atoms with E-state index in [1.54, 1.807) is 0 Å². The van der Waals surface area contributed by atoms with Crippen LogP contribution in [0, 0.1) is 5.92 Å². The highest BCUT2D eigenvalue weighted by Gasteiger charge is 2.35. The smallest absolute Gasteiger partial charge is 0.309 e. The SMILES string of the molecule is CCOC(=O)C1CCN(Cc2ccc3cc(OC4CCC(F)(F)CC4)ccc3c2)CC1. The van der Waals surface area contributed by atoms with E-state index in [9.17, 15) is 13.6 Å². The molecule has 4 rings (SSSR count). The summed E-state index contributed by atoms with van der Waals surface area (Å²) in [5, 5.41) is 2.23. The maximum atomic E-state index is 13.3. The van der Waals surface area contributed by atoms with Gasteiger partial charge in [-0.15, -0.1) is 0 Å². The molecule has 0 unspecified atom stereocenters. The quantitative estimate of drug-likeness (QED) is 0.561. The van der Waals surface area contributed by atoms with E-state index in [-0.39, 0.29) is 30.8 Å². The van der Waals surface area contributed by atoms with E-state index >= 15 is 0 Å². The Balaban J connectivity index is 1.33. The molecule has 1 saturated carbocycles. The molecule has 0 aromatic heterocycles. The molecule has 0 amide bonds. The van der Waals surface area contributed by atoms with Crippen molar-refractivity contribution in [2.24, 2.45) is 5.92 Å². The van der Waals surface area contributed by atoms with E-state index in [2.05, 4.69) is 23.1 Å². The largest absolute Gasteiger partial charge is 0.490 e. The Labute approximate surface area is 182 Å². The lowest BCUT2D eigenvalue weighted by molar-refractivity contribution is -0.149. The van der Waals surface area contributed by atoms with Crippen molar-refractivity contribution in [2.75, 3.05) is 19.7 Å². The number of fused-ring (bicyclic) bond motifs is 1. The van der Waals surface area contributed by atoms with Gasteiger partial charge in [0, 0.05) is 19.4 Å². The molecular formula is C25H31F2NO3. The minimum Gasteiger partial charge on any atom is -0.490 e. The van der Waals surface area contributed by atoms with Crippen LogP contribution in [-0.4, -0.2) is 42.6 Å². The van der Waals surface area contributed by atoms with Crippen LogP contribution < -0.4 is 4.74 Å². The van der Waals surface area contributed by atoms with Crippen molar-refractivity contribution in [3.63, 3.8) is 0 Å². The summed E-state index contributed by atoms with van der Waals surface area (Å²) in [5.41, 5.74) is 1.24. The van der Waals surface area contributed by atoms with Crippen LogP contribution in [0.15, 0.2) is 36.4 Å². The van der Waals surface area contributed by atoms with E-state index in [1.807, 2.05) is 25.1 Å². The molecule has 1 heterocycles. The van der Waals surface area contributed by atoms with Crippen molar-refractivity contribution in [3.05, 3.63) is 42.0 Å². The third-order valence-corrected chi connectivity index (χ3v) is 6.46. The summed E-state index contributed by atoms with van der Waals surface area (Å²) in [5.74, 6) is -1.82. The standard InChI is InChI=1S/C25H31F2NO3/c1-2-30-24(29)19-9-13-28(14-10-19)17-18-3-4-21-16-23(6-5-20(21)15-18)31-22-7-11-25(26,27)12-8-22/h3-6,15-16,19,22H,2,7-14,17H2,1H3. The van der Waals surface area contributed by atoms with Gasteiger partial charge < -0.3 is 9.47 Å². The fourth-order valence-electron chi connectivity index (χ4n) is 4.61. The molecule has 2 aromatic carbocycles. The summed E-state index contributed by atoms with van der Waals surface area (Å²) in [6, 6.07) is 12.4. The molecule has 0 radical (unpaired) electrons. The van der Waals surface area contributed by atoms with E-state index in [1.165, 1.54) is 5.56 Å². The van der Waals surface area contributed by atoms with E-state index in [4.69, 9.17) is 9.47 Å². The number of rotatable bonds is 6. The zero-order valence-electron chi connectivity index (χ0n) is 18.1. The average Bonchev–Trinajstić information content (AvgIpc) is 2.76. The van der Waals surface area contributed by atoms with Gasteiger partial charge in [0.2, 0.25) is 5.92 Å². The first-order valence-electron chi connectivity index (χ1n) is 11.4. The lowest BCUT2D eigenvalue weighted by atomic mass is 9.94. The average molecular weight is 432 g/mol. The number of hydrogen-bond acceptors (Lipinski definition) is 4. The van der Waals surface area contributed by atoms with Crippen LogP contribution in [0.4, 0.5) is 8.78 Å². The lowest BCUT2D eigenvalue weighted by Gasteiger charge is -2.30. The van der Waals surface area contributed by atoms with Gasteiger partial charge in [0.1, 0.15) is 5.75 Å². The maximum absolute atomic E-state index is 13.3. The Morgan fingerprint density at radius 2 is 1.71 bits per heavy atom. The number of halogens is 2. The normalized spacial score (nSPS) is 20.6. The predicted molar refractivity (Wildman–Crippen MR) is 116 cm³/mol. The van der Waals surface area contributed by atoms with Gasteiger partial charge in [-0.25, -0.2) is 8.78 Å². The van der Waals surface area contributed by atoms with Crippen LogP contribution in [0.2, 0.25) is 0 Å². The summed E-state index contributed by atoms with van der Waals surface area (Å²) >= 11 is 0. The second-order valence-electron chi connectivity index (χ2n) is 8.82. The van der Waals surface area contributed by atoms with Crippen molar-refractivity contribution < 1.29 is 23.0 Å². The van der Waals surface area contributed by atoms with Gasteiger partial charge in [-0.1, -0.05) is 18.2 Å². The minimum absolute atomic E-state index is 0.0293. The number of benzene rings is 2. The molecule has 168 valence electrons. The van der Waals surface area contributed by atoms with Crippen LogP contribution >= 0.6 is 0 Å². The number of nitrogens with zero attached hydrogens (tertiary/aromatic N) is 1. The number of carbonyl (C=O) groups is 1. The Kier molecular flexibility index (Phi) is 6.75. The molecule has 1 aliphatic heterocycles. The molecule has 2 fully saturated rings. The lowest BCUT2D eigenvalue weighted by Crippen LogP contribution is -2.36. The van der Waals surface area contributed by atoms with Crippen LogP contribution in [0.25, 0.3) is 10.8 Å². The maximum Gasteiger partial charge on any atom is 0.309 e. The molecular weight excluding hydrogens is 400 g/mol. The van der Waals surface area contributed by atoms with Crippen molar-refractivity contribution in [3.8, 4) is 5.75 Å². The second kappa shape index (κ2) is 9.51. The first kappa shape index (κ1) is 22.0. The van der Waals surface area contributed by atoms with Gasteiger partial charge in [-0.3, -0.25) is 9.69 Å². The number of ether oxygens (including phenoxy) is 2. The minimum atomic E-state index is -2.53. The Hall–Kier alpha value is -2.21. The Bertz CT molecular complexity index is 899. The van der Waals surface area contributed by atoms with Crippen molar-refractivity contribution in [1.29, 1.82) is 0 Å². The van der Waals surface area contributed by atoms with Gasteiger partial charge in [0.05, 0.1) is 18.6 Å². The summed E-state index contributed by atoms with van der Waals surface area (Å²) in [4.78, 5) is 14.3. The molecule has 1 saturated heterocycles. The number of likely N-dealkylation sites (tertiary alicyclic amines) is 1. The topological polar surface area (TPSA) is 38.8 Å².